The summed E-state index contributed by atoms with van der Waals surface area (Å²) in [4.78, 5) is 26.7. The van der Waals surface area contributed by atoms with Gasteiger partial charge in [-0.3, -0.25) is 9.36 Å². The molecule has 0 unspecified atom stereocenters. The van der Waals surface area contributed by atoms with Crippen LogP contribution in [0.25, 0.3) is 27.6 Å². The topological polar surface area (TPSA) is 75.7 Å². The van der Waals surface area contributed by atoms with Crippen LogP contribution in [0.1, 0.15) is 22.8 Å². The zero-order valence-electron chi connectivity index (χ0n) is 18.9. The summed E-state index contributed by atoms with van der Waals surface area (Å²) in [7, 11) is 0. The zero-order valence-corrected chi connectivity index (χ0v) is 18.9. The number of hydrogen-bond acceptors (Lipinski definition) is 4. The van der Waals surface area contributed by atoms with E-state index in [9.17, 15) is 23.5 Å². The lowest BCUT2D eigenvalue weighted by molar-refractivity contribution is 0.0697. The molecule has 0 saturated heterocycles. The van der Waals surface area contributed by atoms with E-state index in [1.807, 2.05) is 0 Å². The smallest absolute Gasteiger partial charge is 0.337 e. The molecule has 35 heavy (non-hydrogen) atoms. The van der Waals surface area contributed by atoms with Crippen LogP contribution in [-0.2, 0) is 0 Å². The Morgan fingerprint density at radius 2 is 1.74 bits per heavy atom. The predicted molar refractivity (Wildman–Crippen MR) is 130 cm³/mol. The van der Waals surface area contributed by atoms with Crippen molar-refractivity contribution in [1.82, 2.24) is 4.57 Å². The van der Waals surface area contributed by atoms with Gasteiger partial charge in [-0.05, 0) is 50.2 Å². The molecule has 0 fully saturated rings. The van der Waals surface area contributed by atoms with Crippen molar-refractivity contribution < 1.29 is 23.1 Å². The van der Waals surface area contributed by atoms with E-state index in [-0.39, 0.29) is 46.0 Å². The van der Waals surface area contributed by atoms with Gasteiger partial charge in [0.15, 0.2) is 11.0 Å². The minimum atomic E-state index is -1.14. The van der Waals surface area contributed by atoms with E-state index in [0.717, 1.165) is 11.5 Å². The highest BCUT2D eigenvalue weighted by atomic mass is 19.1. The maximum Gasteiger partial charge on any atom is 0.337 e. The van der Waals surface area contributed by atoms with Crippen molar-refractivity contribution in [1.29, 1.82) is 0 Å². The maximum absolute atomic E-state index is 14.7. The van der Waals surface area contributed by atoms with Crippen molar-refractivity contribution >= 4 is 39.1 Å². The molecule has 5 aromatic rings. The number of halogens is 2. The van der Waals surface area contributed by atoms with Gasteiger partial charge >= 0.3 is 5.97 Å². The fraction of sp³-hybridized carbons (Fsp3) is 0.111. The van der Waals surface area contributed by atoms with Gasteiger partial charge in [0.1, 0.15) is 11.6 Å². The molecule has 0 bridgehead atoms. The van der Waals surface area contributed by atoms with Gasteiger partial charge in [0.2, 0.25) is 5.88 Å². The third-order valence-electron chi connectivity index (χ3n) is 6.01. The summed E-state index contributed by atoms with van der Waals surface area (Å²) in [5.41, 5.74) is 0.527. The molecule has 2 heterocycles. The van der Waals surface area contributed by atoms with Gasteiger partial charge < -0.3 is 14.4 Å². The van der Waals surface area contributed by atoms with E-state index in [2.05, 4.69) is 0 Å². The standard InChI is InChI=1S/C27H20F2N2O4/c1-3-31(22-7-5-4-6-20(22)27(33)34)23-12-19(29)11-21-24(32)15(2)26(35-25(21)23)30-13-16-8-9-18(28)10-17(16)14-30/h4-14H,3H2,1-2H3,(H,33,34). The van der Waals surface area contributed by atoms with Gasteiger partial charge in [0, 0.05) is 35.8 Å². The van der Waals surface area contributed by atoms with Crippen LogP contribution < -0.4 is 10.3 Å². The lowest BCUT2D eigenvalue weighted by atomic mass is 10.1. The molecular formula is C27H20F2N2O4. The quantitative estimate of drug-likeness (QED) is 0.329. The van der Waals surface area contributed by atoms with Crippen LogP contribution >= 0.6 is 0 Å². The second-order valence-corrected chi connectivity index (χ2v) is 8.17. The number of nitrogens with zero attached hydrogens (tertiary/aromatic N) is 2. The molecule has 0 atom stereocenters. The first-order valence-electron chi connectivity index (χ1n) is 10.9. The molecular weight excluding hydrogens is 454 g/mol. The summed E-state index contributed by atoms with van der Waals surface area (Å²) >= 11 is 0. The highest BCUT2D eigenvalue weighted by Crippen LogP contribution is 2.36. The minimum Gasteiger partial charge on any atom is -0.478 e. The number of carboxylic acids is 1. The van der Waals surface area contributed by atoms with Crippen LogP contribution in [0.2, 0.25) is 0 Å². The molecule has 0 amide bonds. The van der Waals surface area contributed by atoms with Gasteiger partial charge in [0.05, 0.1) is 27.9 Å². The van der Waals surface area contributed by atoms with Crippen molar-refractivity contribution in [2.75, 3.05) is 11.4 Å². The molecule has 6 nitrogen and oxygen atoms in total. The van der Waals surface area contributed by atoms with Crippen molar-refractivity contribution in [3.63, 3.8) is 0 Å². The minimum absolute atomic E-state index is 0.0279. The summed E-state index contributed by atoms with van der Waals surface area (Å²) < 4.78 is 36.2. The Morgan fingerprint density at radius 1 is 1.00 bits per heavy atom. The normalized spacial score (nSPS) is 11.3. The average Bonchev–Trinajstić information content (AvgIpc) is 3.25. The molecule has 1 N–H and O–H groups in total. The fourth-order valence-electron chi connectivity index (χ4n) is 4.36. The lowest BCUT2D eigenvalue weighted by Crippen LogP contribution is -2.21. The molecule has 8 heteroatoms. The highest BCUT2D eigenvalue weighted by molar-refractivity contribution is 5.99. The van der Waals surface area contributed by atoms with Crippen LogP contribution in [0.4, 0.5) is 20.2 Å². The van der Waals surface area contributed by atoms with Gasteiger partial charge in [-0.15, -0.1) is 0 Å². The van der Waals surface area contributed by atoms with Crippen LogP contribution in [0.5, 0.6) is 0 Å². The Balaban J connectivity index is 1.80. The van der Waals surface area contributed by atoms with E-state index < -0.39 is 17.2 Å². The first kappa shape index (κ1) is 22.3. The summed E-state index contributed by atoms with van der Waals surface area (Å²) in [5.74, 6) is -1.97. The summed E-state index contributed by atoms with van der Waals surface area (Å²) in [5, 5.41) is 11.1. The molecule has 0 radical (unpaired) electrons. The molecule has 0 aliphatic rings. The number of benzene rings is 3. The summed E-state index contributed by atoms with van der Waals surface area (Å²) in [6.45, 7) is 3.64. The first-order chi connectivity index (χ1) is 16.8. The monoisotopic (exact) mass is 474 g/mol. The summed E-state index contributed by atoms with van der Waals surface area (Å²) in [6, 6.07) is 13.0. The van der Waals surface area contributed by atoms with Gasteiger partial charge in [-0.25, -0.2) is 13.6 Å². The molecule has 0 aliphatic carbocycles. The van der Waals surface area contributed by atoms with Crippen LogP contribution in [0.15, 0.2) is 76.2 Å². The first-order valence-corrected chi connectivity index (χ1v) is 10.9. The second kappa shape index (κ2) is 8.39. The molecule has 5 rings (SSSR count). The Hall–Kier alpha value is -4.46. The second-order valence-electron chi connectivity index (χ2n) is 8.17. The molecule has 0 saturated carbocycles. The van der Waals surface area contributed by atoms with E-state index in [0.29, 0.717) is 11.1 Å². The van der Waals surface area contributed by atoms with Crippen molar-refractivity contribution in [2.45, 2.75) is 13.8 Å². The van der Waals surface area contributed by atoms with Crippen LogP contribution in [-0.4, -0.2) is 22.2 Å². The number of carbonyl (C=O) groups is 1. The SMILES string of the molecule is CCN(c1ccccc1C(=O)O)c1cc(F)cc2c(=O)c(C)c(-n3cc4ccc(F)cc4c3)oc12. The Bertz CT molecular complexity index is 1690. The third kappa shape index (κ3) is 3.73. The fourth-order valence-corrected chi connectivity index (χ4v) is 4.36. The van der Waals surface area contributed by atoms with Crippen LogP contribution in [0.3, 0.4) is 0 Å². The van der Waals surface area contributed by atoms with E-state index in [1.165, 1.54) is 24.3 Å². The molecule has 2 aromatic heterocycles. The number of aromatic nitrogens is 1. The lowest BCUT2D eigenvalue weighted by Gasteiger charge is -2.26. The zero-order chi connectivity index (χ0) is 24.9. The molecule has 0 spiro atoms. The predicted octanol–water partition coefficient (Wildman–Crippen LogP) is 6.18. The average molecular weight is 474 g/mol. The number of hydrogen-bond donors (Lipinski definition) is 1. The largest absolute Gasteiger partial charge is 0.478 e. The van der Waals surface area contributed by atoms with Crippen molar-refractivity contribution in [2.24, 2.45) is 0 Å². The van der Waals surface area contributed by atoms with Gasteiger partial charge in [0.25, 0.3) is 0 Å². The number of rotatable bonds is 5. The van der Waals surface area contributed by atoms with Gasteiger partial charge in [-0.1, -0.05) is 12.1 Å². The number of carboxylic acid groups (broad SMARTS) is 1. The highest BCUT2D eigenvalue weighted by Gasteiger charge is 2.23. The van der Waals surface area contributed by atoms with Gasteiger partial charge in [-0.2, -0.15) is 0 Å². The number of aromatic carboxylic acids is 1. The van der Waals surface area contributed by atoms with E-state index in [1.54, 1.807) is 60.0 Å². The maximum atomic E-state index is 14.7. The number of fused-ring (bicyclic) bond motifs is 2. The third-order valence-corrected chi connectivity index (χ3v) is 6.01. The number of anilines is 2. The molecule has 0 aliphatic heterocycles. The molecule has 3 aromatic carbocycles. The van der Waals surface area contributed by atoms with Crippen molar-refractivity contribution in [3.05, 3.63) is 100.0 Å². The van der Waals surface area contributed by atoms with Crippen molar-refractivity contribution in [3.8, 4) is 5.88 Å². The van der Waals surface area contributed by atoms with E-state index >= 15 is 0 Å². The summed E-state index contributed by atoms with van der Waals surface area (Å²) in [6.07, 6.45) is 3.36. The number of para-hydroxylation sites is 1. The Kier molecular flexibility index (Phi) is 5.36. The van der Waals surface area contributed by atoms with E-state index in [4.69, 9.17) is 4.42 Å². The molecule has 176 valence electrons. The van der Waals surface area contributed by atoms with Crippen LogP contribution in [0, 0.1) is 18.6 Å². The Morgan fingerprint density at radius 3 is 2.49 bits per heavy atom. The Labute approximate surface area is 198 Å².